The van der Waals surface area contributed by atoms with Crippen molar-refractivity contribution in [1.29, 1.82) is 0 Å². The maximum atomic E-state index is 12.9. The van der Waals surface area contributed by atoms with E-state index in [9.17, 15) is 13.2 Å². The zero-order valence-corrected chi connectivity index (χ0v) is 19.6. The number of piperidine rings is 1. The van der Waals surface area contributed by atoms with Gasteiger partial charge in [-0.1, -0.05) is 23.8 Å². The van der Waals surface area contributed by atoms with Crippen molar-refractivity contribution in [2.75, 3.05) is 32.6 Å². The molecule has 1 fully saturated rings. The Kier molecular flexibility index (Phi) is 6.63. The largest absolute Gasteiger partial charge is 0.493 e. The van der Waals surface area contributed by atoms with E-state index < -0.39 is 10.0 Å². The van der Waals surface area contributed by atoms with Gasteiger partial charge in [-0.05, 0) is 48.7 Å². The van der Waals surface area contributed by atoms with Gasteiger partial charge in [0.05, 0.1) is 35.8 Å². The fourth-order valence-corrected chi connectivity index (χ4v) is 6.25. The van der Waals surface area contributed by atoms with Crippen molar-refractivity contribution in [3.63, 3.8) is 0 Å². The zero-order valence-electron chi connectivity index (χ0n) is 18.0. The number of methoxy groups -OCH3 is 2. The van der Waals surface area contributed by atoms with E-state index in [-0.39, 0.29) is 17.2 Å². The van der Waals surface area contributed by atoms with Crippen LogP contribution in [0.15, 0.2) is 41.3 Å². The maximum Gasteiger partial charge on any atom is 0.243 e. The van der Waals surface area contributed by atoms with Gasteiger partial charge in [-0.25, -0.2) is 13.4 Å². The Balaban J connectivity index is 1.49. The molecule has 0 unspecified atom stereocenters. The number of sulfonamides is 1. The van der Waals surface area contributed by atoms with E-state index in [4.69, 9.17) is 9.47 Å². The van der Waals surface area contributed by atoms with E-state index >= 15 is 0 Å². The van der Waals surface area contributed by atoms with Crippen LogP contribution < -0.4 is 14.8 Å². The summed E-state index contributed by atoms with van der Waals surface area (Å²) >= 11 is 1.26. The van der Waals surface area contributed by atoms with E-state index in [0.717, 1.165) is 24.8 Å². The summed E-state index contributed by atoms with van der Waals surface area (Å²) in [7, 11) is -0.417. The molecule has 32 heavy (non-hydrogen) atoms. The Morgan fingerprint density at radius 2 is 1.81 bits per heavy atom. The summed E-state index contributed by atoms with van der Waals surface area (Å²) in [6.07, 6.45) is 2.98. The van der Waals surface area contributed by atoms with Crippen molar-refractivity contribution in [2.45, 2.75) is 30.6 Å². The van der Waals surface area contributed by atoms with Crippen LogP contribution in [0.5, 0.6) is 11.5 Å². The van der Waals surface area contributed by atoms with E-state index in [1.165, 1.54) is 11.3 Å². The number of anilines is 1. The molecule has 1 aromatic heterocycles. The Hall–Kier alpha value is -2.69. The third kappa shape index (κ3) is 4.72. The predicted molar refractivity (Wildman–Crippen MR) is 124 cm³/mol. The summed E-state index contributed by atoms with van der Waals surface area (Å²) in [4.78, 5) is 17.2. The number of hydrogen-bond donors (Lipinski definition) is 1. The van der Waals surface area contributed by atoms with E-state index in [1.54, 1.807) is 54.9 Å². The SMILES string of the molecule is COc1ccc(CC(=O)Nc2nc3ccc(S(=O)(=O)N4CCCCC4)cc3s2)cc1OC. The number of nitrogens with zero attached hydrogens (tertiary/aromatic N) is 2. The second-order valence-corrected chi connectivity index (χ2v) is 10.5. The molecule has 1 saturated heterocycles. The number of amides is 1. The van der Waals surface area contributed by atoms with Crippen molar-refractivity contribution in [3.8, 4) is 11.5 Å². The summed E-state index contributed by atoms with van der Waals surface area (Å²) in [5, 5.41) is 3.23. The van der Waals surface area contributed by atoms with Gasteiger partial charge < -0.3 is 14.8 Å². The molecule has 4 rings (SSSR count). The average molecular weight is 476 g/mol. The summed E-state index contributed by atoms with van der Waals surface area (Å²) < 4.78 is 38.6. The summed E-state index contributed by atoms with van der Waals surface area (Å²) in [6, 6.07) is 10.2. The third-order valence-corrected chi connectivity index (χ3v) is 8.20. The minimum atomic E-state index is -3.52. The summed E-state index contributed by atoms with van der Waals surface area (Å²) in [5.41, 5.74) is 1.42. The zero-order chi connectivity index (χ0) is 22.7. The third-order valence-electron chi connectivity index (χ3n) is 5.37. The number of ether oxygens (including phenoxy) is 2. The molecule has 1 aliphatic heterocycles. The van der Waals surface area contributed by atoms with Gasteiger partial charge in [0, 0.05) is 13.1 Å². The number of nitrogens with one attached hydrogen (secondary N) is 1. The minimum Gasteiger partial charge on any atom is -0.493 e. The number of fused-ring (bicyclic) bond motifs is 1. The van der Waals surface area contributed by atoms with Crippen molar-refractivity contribution in [2.24, 2.45) is 0 Å². The smallest absolute Gasteiger partial charge is 0.243 e. The highest BCUT2D eigenvalue weighted by molar-refractivity contribution is 7.89. The lowest BCUT2D eigenvalue weighted by molar-refractivity contribution is -0.115. The van der Waals surface area contributed by atoms with Crippen LogP contribution in [0.4, 0.5) is 5.13 Å². The van der Waals surface area contributed by atoms with Gasteiger partial charge >= 0.3 is 0 Å². The molecule has 1 amide bonds. The lowest BCUT2D eigenvalue weighted by Gasteiger charge is -2.25. The van der Waals surface area contributed by atoms with Gasteiger partial charge in [-0.2, -0.15) is 4.31 Å². The molecule has 10 heteroatoms. The second-order valence-electron chi connectivity index (χ2n) is 7.53. The van der Waals surface area contributed by atoms with Crippen molar-refractivity contribution in [1.82, 2.24) is 9.29 Å². The molecule has 0 radical (unpaired) electrons. The Morgan fingerprint density at radius 1 is 1.06 bits per heavy atom. The van der Waals surface area contributed by atoms with Gasteiger partial charge in [0.25, 0.3) is 0 Å². The first kappa shape index (κ1) is 22.5. The van der Waals surface area contributed by atoms with Gasteiger partial charge in [0.2, 0.25) is 15.9 Å². The highest BCUT2D eigenvalue weighted by atomic mass is 32.2. The van der Waals surface area contributed by atoms with Crippen LogP contribution in [0, 0.1) is 0 Å². The number of thiazole rings is 1. The van der Waals surface area contributed by atoms with Gasteiger partial charge in [-0.3, -0.25) is 4.79 Å². The van der Waals surface area contributed by atoms with Crippen LogP contribution in [0.2, 0.25) is 0 Å². The van der Waals surface area contributed by atoms with Crippen molar-refractivity contribution >= 4 is 42.6 Å². The monoisotopic (exact) mass is 475 g/mol. The fourth-order valence-electron chi connectivity index (χ4n) is 3.71. The summed E-state index contributed by atoms with van der Waals surface area (Å²) in [6.45, 7) is 1.11. The Bertz CT molecular complexity index is 1230. The number of benzene rings is 2. The molecule has 170 valence electrons. The van der Waals surface area contributed by atoms with Crippen LogP contribution in [0.25, 0.3) is 10.2 Å². The van der Waals surface area contributed by atoms with Crippen LogP contribution in [-0.2, 0) is 21.2 Å². The quantitative estimate of drug-likeness (QED) is 0.560. The molecule has 0 atom stereocenters. The lowest BCUT2D eigenvalue weighted by Crippen LogP contribution is -2.35. The molecule has 1 N–H and O–H groups in total. The number of hydrogen-bond acceptors (Lipinski definition) is 7. The molecule has 3 aromatic rings. The Labute approximate surface area is 191 Å². The van der Waals surface area contributed by atoms with Crippen LogP contribution in [-0.4, -0.2) is 50.9 Å². The number of carbonyl (C=O) groups is 1. The molecular weight excluding hydrogens is 450 g/mol. The predicted octanol–water partition coefficient (Wildman–Crippen LogP) is 3.67. The molecule has 0 aliphatic carbocycles. The van der Waals surface area contributed by atoms with Crippen molar-refractivity contribution < 1.29 is 22.7 Å². The lowest BCUT2D eigenvalue weighted by atomic mass is 10.1. The van der Waals surface area contributed by atoms with E-state index in [1.807, 2.05) is 0 Å². The molecule has 2 heterocycles. The molecule has 0 bridgehead atoms. The van der Waals surface area contributed by atoms with Crippen LogP contribution in [0.1, 0.15) is 24.8 Å². The first-order chi connectivity index (χ1) is 15.4. The number of aromatic nitrogens is 1. The maximum absolute atomic E-state index is 12.9. The first-order valence-electron chi connectivity index (χ1n) is 10.3. The molecule has 1 aliphatic rings. The topological polar surface area (TPSA) is 97.8 Å². The fraction of sp³-hybridized carbons (Fsp3) is 0.364. The van der Waals surface area contributed by atoms with E-state index in [0.29, 0.717) is 39.9 Å². The highest BCUT2D eigenvalue weighted by Crippen LogP contribution is 2.31. The molecule has 0 saturated carbocycles. The normalized spacial score (nSPS) is 14.9. The van der Waals surface area contributed by atoms with Crippen molar-refractivity contribution in [3.05, 3.63) is 42.0 Å². The molecular formula is C22H25N3O5S2. The average Bonchev–Trinajstić information content (AvgIpc) is 3.20. The standard InChI is InChI=1S/C22H25N3O5S2/c1-29-18-9-6-15(12-19(18)30-2)13-21(26)24-22-23-17-8-7-16(14-20(17)31-22)32(27,28)25-10-4-3-5-11-25/h6-9,12,14H,3-5,10-11,13H2,1-2H3,(H,23,24,26). The number of rotatable bonds is 7. The molecule has 8 nitrogen and oxygen atoms in total. The summed E-state index contributed by atoms with van der Waals surface area (Å²) in [5.74, 6) is 0.927. The van der Waals surface area contributed by atoms with Gasteiger partial charge in [0.1, 0.15) is 0 Å². The highest BCUT2D eigenvalue weighted by Gasteiger charge is 2.26. The first-order valence-corrected chi connectivity index (χ1v) is 12.6. The van der Waals surface area contributed by atoms with Crippen LogP contribution >= 0.6 is 11.3 Å². The Morgan fingerprint density at radius 3 is 2.53 bits per heavy atom. The second kappa shape index (κ2) is 9.43. The van der Waals surface area contributed by atoms with Gasteiger partial charge in [-0.15, -0.1) is 0 Å². The van der Waals surface area contributed by atoms with Crippen LogP contribution in [0.3, 0.4) is 0 Å². The molecule has 2 aromatic carbocycles. The van der Waals surface area contributed by atoms with Gasteiger partial charge in [0.15, 0.2) is 16.6 Å². The minimum absolute atomic E-state index is 0.144. The van der Waals surface area contributed by atoms with E-state index in [2.05, 4.69) is 10.3 Å². The number of carbonyl (C=O) groups excluding carboxylic acids is 1. The molecule has 0 spiro atoms.